The molecule has 1 N–H and O–H groups in total. The van der Waals surface area contributed by atoms with Crippen LogP contribution in [0, 0.1) is 17.7 Å². The third kappa shape index (κ3) is 3.93. The third-order valence-corrected chi connectivity index (χ3v) is 4.73. The summed E-state index contributed by atoms with van der Waals surface area (Å²) in [6.07, 6.45) is 5.38. The van der Waals surface area contributed by atoms with E-state index in [1.54, 1.807) is 6.07 Å². The van der Waals surface area contributed by atoms with Gasteiger partial charge in [0.2, 0.25) is 0 Å². The molecule has 0 heterocycles. The van der Waals surface area contributed by atoms with Crippen LogP contribution in [-0.2, 0) is 0 Å². The highest BCUT2D eigenvalue weighted by Crippen LogP contribution is 2.29. The van der Waals surface area contributed by atoms with Gasteiger partial charge in [-0.2, -0.15) is 0 Å². The van der Waals surface area contributed by atoms with Gasteiger partial charge in [0.05, 0.1) is 5.02 Å². The Hall–Kier alpha value is -0.600. The van der Waals surface area contributed by atoms with Crippen molar-refractivity contribution in [3.05, 3.63) is 34.6 Å². The summed E-state index contributed by atoms with van der Waals surface area (Å²) >= 11 is 5.71. The lowest BCUT2D eigenvalue weighted by atomic mass is 9.80. The largest absolute Gasteiger partial charge is 0.310 e. The summed E-state index contributed by atoms with van der Waals surface area (Å²) in [5, 5.41) is 3.73. The van der Waals surface area contributed by atoms with E-state index in [1.165, 1.54) is 31.7 Å². The number of rotatable bonds is 4. The van der Waals surface area contributed by atoms with Gasteiger partial charge in [0.25, 0.3) is 0 Å². The maximum absolute atomic E-state index is 13.4. The number of nitrogens with one attached hydrogen (secondary N) is 1. The zero-order valence-electron chi connectivity index (χ0n) is 11.8. The number of benzene rings is 1. The van der Waals surface area contributed by atoms with Crippen LogP contribution in [-0.4, -0.2) is 6.54 Å². The molecule has 0 saturated heterocycles. The van der Waals surface area contributed by atoms with Crippen molar-refractivity contribution >= 4 is 11.6 Å². The van der Waals surface area contributed by atoms with E-state index >= 15 is 0 Å². The summed E-state index contributed by atoms with van der Waals surface area (Å²) in [4.78, 5) is 0. The minimum atomic E-state index is -0.334. The van der Waals surface area contributed by atoms with Crippen LogP contribution < -0.4 is 5.32 Å². The highest BCUT2D eigenvalue weighted by atomic mass is 35.5. The lowest BCUT2D eigenvalue weighted by molar-refractivity contribution is 0.242. The summed E-state index contributed by atoms with van der Waals surface area (Å²) in [7, 11) is 0. The molecule has 19 heavy (non-hydrogen) atoms. The van der Waals surface area contributed by atoms with Crippen molar-refractivity contribution < 1.29 is 4.39 Å². The maximum atomic E-state index is 13.4. The van der Waals surface area contributed by atoms with Crippen LogP contribution in [0.3, 0.4) is 0 Å². The highest BCUT2D eigenvalue weighted by Gasteiger charge is 2.21. The molecule has 0 radical (unpaired) electrons. The van der Waals surface area contributed by atoms with Gasteiger partial charge in [-0.3, -0.25) is 0 Å². The van der Waals surface area contributed by atoms with Gasteiger partial charge in [-0.1, -0.05) is 43.9 Å². The molecule has 2 rings (SSSR count). The van der Waals surface area contributed by atoms with Gasteiger partial charge < -0.3 is 5.32 Å². The quantitative estimate of drug-likeness (QED) is 0.824. The van der Waals surface area contributed by atoms with Crippen LogP contribution in [0.4, 0.5) is 4.39 Å². The summed E-state index contributed by atoms with van der Waals surface area (Å²) in [6, 6.07) is 5.23. The first-order valence-electron chi connectivity index (χ1n) is 7.26. The van der Waals surface area contributed by atoms with E-state index in [1.807, 2.05) is 6.07 Å². The van der Waals surface area contributed by atoms with Crippen molar-refractivity contribution in [2.75, 3.05) is 6.54 Å². The van der Waals surface area contributed by atoms with Gasteiger partial charge in [-0.15, -0.1) is 0 Å². The molecule has 0 amide bonds. The fourth-order valence-corrected chi connectivity index (χ4v) is 3.04. The van der Waals surface area contributed by atoms with Crippen LogP contribution >= 0.6 is 11.6 Å². The first kappa shape index (κ1) is 14.8. The minimum absolute atomic E-state index is 0.167. The summed E-state index contributed by atoms with van der Waals surface area (Å²) in [6.45, 7) is 5.45. The second-order valence-electron chi connectivity index (χ2n) is 5.83. The van der Waals surface area contributed by atoms with Crippen LogP contribution in [0.25, 0.3) is 0 Å². The number of hydrogen-bond acceptors (Lipinski definition) is 1. The molecule has 0 spiro atoms. The third-order valence-electron chi connectivity index (χ3n) is 4.42. The molecular weight excluding hydrogens is 261 g/mol. The molecule has 3 unspecified atom stereocenters. The summed E-state index contributed by atoms with van der Waals surface area (Å²) in [5.74, 6) is 1.22. The Bertz CT molecular complexity index is 421. The Morgan fingerprint density at radius 2 is 2.11 bits per heavy atom. The predicted octanol–water partition coefficient (Wildman–Crippen LogP) is 4.96. The lowest BCUT2D eigenvalue weighted by Crippen LogP contribution is -2.31. The molecule has 0 aromatic heterocycles. The molecule has 1 nitrogen and oxygen atoms in total. The normalized spacial score (nSPS) is 25.3. The van der Waals surface area contributed by atoms with E-state index in [-0.39, 0.29) is 16.9 Å². The van der Waals surface area contributed by atoms with Crippen LogP contribution in [0.15, 0.2) is 18.2 Å². The Morgan fingerprint density at radius 3 is 2.79 bits per heavy atom. The average Bonchev–Trinajstić information content (AvgIpc) is 2.40. The topological polar surface area (TPSA) is 12.0 Å². The van der Waals surface area contributed by atoms with Gasteiger partial charge in [0.1, 0.15) is 5.82 Å². The average molecular weight is 284 g/mol. The van der Waals surface area contributed by atoms with Crippen molar-refractivity contribution in [1.29, 1.82) is 0 Å². The van der Waals surface area contributed by atoms with Gasteiger partial charge in [0, 0.05) is 6.04 Å². The van der Waals surface area contributed by atoms with Crippen molar-refractivity contribution in [1.82, 2.24) is 5.32 Å². The molecule has 1 aliphatic carbocycles. The molecule has 1 saturated carbocycles. The van der Waals surface area contributed by atoms with E-state index in [2.05, 4.69) is 19.2 Å². The number of halogens is 2. The molecule has 1 fully saturated rings. The molecule has 3 atom stereocenters. The van der Waals surface area contributed by atoms with Gasteiger partial charge in [0.15, 0.2) is 0 Å². The first-order valence-corrected chi connectivity index (χ1v) is 7.64. The minimum Gasteiger partial charge on any atom is -0.310 e. The Balaban J connectivity index is 1.89. The van der Waals surface area contributed by atoms with Crippen LogP contribution in [0.5, 0.6) is 0 Å². The zero-order valence-corrected chi connectivity index (χ0v) is 12.5. The van der Waals surface area contributed by atoms with Gasteiger partial charge >= 0.3 is 0 Å². The van der Waals surface area contributed by atoms with Crippen molar-refractivity contribution in [3.63, 3.8) is 0 Å². The second-order valence-corrected chi connectivity index (χ2v) is 6.23. The molecule has 1 aromatic carbocycles. The van der Waals surface area contributed by atoms with Crippen molar-refractivity contribution in [2.24, 2.45) is 11.8 Å². The van der Waals surface area contributed by atoms with Gasteiger partial charge in [-0.25, -0.2) is 4.39 Å². The van der Waals surface area contributed by atoms with E-state index in [0.29, 0.717) is 0 Å². The Labute approximate surface area is 120 Å². The standard InChI is InChI=1S/C16H23ClFN/c1-11-5-3-4-6-14(11)10-19-12(2)13-7-8-15(17)16(18)9-13/h7-9,11-12,14,19H,3-6,10H2,1-2H3. The van der Waals surface area contributed by atoms with E-state index in [9.17, 15) is 4.39 Å². The predicted molar refractivity (Wildman–Crippen MR) is 78.9 cm³/mol. The highest BCUT2D eigenvalue weighted by molar-refractivity contribution is 6.30. The smallest absolute Gasteiger partial charge is 0.142 e. The Morgan fingerprint density at radius 1 is 1.37 bits per heavy atom. The fourth-order valence-electron chi connectivity index (χ4n) is 2.92. The van der Waals surface area contributed by atoms with Crippen LogP contribution in [0.1, 0.15) is 51.1 Å². The summed E-state index contributed by atoms with van der Waals surface area (Å²) in [5.41, 5.74) is 0.963. The SMILES string of the molecule is CC(NCC1CCCCC1C)c1ccc(Cl)c(F)c1. The molecule has 0 aliphatic heterocycles. The van der Waals surface area contributed by atoms with Crippen LogP contribution in [0.2, 0.25) is 5.02 Å². The fraction of sp³-hybridized carbons (Fsp3) is 0.625. The second kappa shape index (κ2) is 6.71. The lowest BCUT2D eigenvalue weighted by Gasteiger charge is -2.30. The molecule has 1 aromatic rings. The van der Waals surface area contributed by atoms with E-state index in [0.717, 1.165) is 23.9 Å². The molecule has 0 bridgehead atoms. The molecular formula is C16H23ClFN. The monoisotopic (exact) mass is 283 g/mol. The zero-order chi connectivity index (χ0) is 13.8. The van der Waals surface area contributed by atoms with E-state index < -0.39 is 0 Å². The molecule has 1 aliphatic rings. The van der Waals surface area contributed by atoms with E-state index in [4.69, 9.17) is 11.6 Å². The molecule has 3 heteroatoms. The first-order chi connectivity index (χ1) is 9.08. The van der Waals surface area contributed by atoms with Crippen molar-refractivity contribution in [3.8, 4) is 0 Å². The molecule has 106 valence electrons. The maximum Gasteiger partial charge on any atom is 0.142 e. The number of hydrogen-bond donors (Lipinski definition) is 1. The van der Waals surface area contributed by atoms with Gasteiger partial charge in [-0.05, 0) is 49.4 Å². The Kier molecular flexibility index (Phi) is 5.23. The summed E-state index contributed by atoms with van der Waals surface area (Å²) < 4.78 is 13.4. The van der Waals surface area contributed by atoms with Crippen molar-refractivity contribution in [2.45, 2.75) is 45.6 Å².